The minimum absolute atomic E-state index is 0.0366. The van der Waals surface area contributed by atoms with Crippen molar-refractivity contribution < 1.29 is 18.7 Å². The number of carbonyl (C=O) groups is 2. The number of Topliss-reactive ketones (excluding diaryl/α,β-unsaturated/α-hetero) is 2. The summed E-state index contributed by atoms with van der Waals surface area (Å²) in [5, 5.41) is 7.53. The molecule has 0 aliphatic heterocycles. The molecular weight excluding hydrogens is 489 g/mol. The molecule has 0 bridgehead atoms. The third-order valence-corrected chi connectivity index (χ3v) is 7.33. The highest BCUT2D eigenvalue weighted by Crippen LogP contribution is 2.35. The van der Waals surface area contributed by atoms with E-state index in [4.69, 9.17) is 10.1 Å². The lowest BCUT2D eigenvalue weighted by atomic mass is 9.81. The number of halogens is 1. The first-order valence-corrected chi connectivity index (χ1v) is 13.5. The van der Waals surface area contributed by atoms with Crippen molar-refractivity contribution in [2.45, 2.75) is 58.8 Å². The van der Waals surface area contributed by atoms with E-state index in [1.54, 1.807) is 31.2 Å². The van der Waals surface area contributed by atoms with Crippen LogP contribution in [0.2, 0.25) is 0 Å². The van der Waals surface area contributed by atoms with Crippen molar-refractivity contribution in [2.24, 2.45) is 5.92 Å². The summed E-state index contributed by atoms with van der Waals surface area (Å²) in [5.41, 5.74) is 4.87. The molecule has 2 aromatic carbocycles. The van der Waals surface area contributed by atoms with E-state index in [0.717, 1.165) is 40.7 Å². The van der Waals surface area contributed by atoms with Gasteiger partial charge in [-0.2, -0.15) is 0 Å². The molecule has 4 nitrogen and oxygen atoms in total. The Morgan fingerprint density at radius 1 is 1.18 bits per heavy atom. The van der Waals surface area contributed by atoms with E-state index < -0.39 is 5.92 Å². The number of methoxy groups -OCH3 is 1. The molecule has 2 aromatic rings. The molecular formula is C34H38FNO3. The van der Waals surface area contributed by atoms with Gasteiger partial charge in [-0.15, -0.1) is 0 Å². The zero-order valence-electron chi connectivity index (χ0n) is 23.3. The van der Waals surface area contributed by atoms with Gasteiger partial charge >= 0.3 is 0 Å². The van der Waals surface area contributed by atoms with E-state index in [0.29, 0.717) is 18.4 Å². The Bertz CT molecular complexity index is 1320. The van der Waals surface area contributed by atoms with Crippen LogP contribution in [0.4, 0.5) is 4.39 Å². The van der Waals surface area contributed by atoms with Crippen molar-refractivity contribution in [1.82, 2.24) is 0 Å². The molecule has 0 fully saturated rings. The fraction of sp³-hybridized carbons (Fsp3) is 0.324. The van der Waals surface area contributed by atoms with Crippen molar-refractivity contribution in [3.63, 3.8) is 0 Å². The van der Waals surface area contributed by atoms with E-state index in [1.165, 1.54) is 13.3 Å². The van der Waals surface area contributed by atoms with Gasteiger partial charge in [0.2, 0.25) is 5.78 Å². The van der Waals surface area contributed by atoms with Crippen LogP contribution in [0.1, 0.15) is 62.6 Å². The summed E-state index contributed by atoms with van der Waals surface area (Å²) in [7, 11) is 1.44. The van der Waals surface area contributed by atoms with Gasteiger partial charge in [-0.3, -0.25) is 9.59 Å². The Balaban J connectivity index is 1.76. The number of nitrogens with one attached hydrogen (secondary N) is 1. The number of hydrogen-bond donors (Lipinski definition) is 1. The average Bonchev–Trinajstić information content (AvgIpc) is 2.94. The molecule has 204 valence electrons. The smallest absolute Gasteiger partial charge is 0.203 e. The molecule has 1 aliphatic rings. The molecule has 1 aliphatic carbocycles. The van der Waals surface area contributed by atoms with Crippen LogP contribution in [0.3, 0.4) is 0 Å². The maximum atomic E-state index is 15.2. The molecule has 0 spiro atoms. The Morgan fingerprint density at radius 3 is 2.56 bits per heavy atom. The zero-order valence-corrected chi connectivity index (χ0v) is 23.3. The van der Waals surface area contributed by atoms with Crippen molar-refractivity contribution in [2.75, 3.05) is 7.11 Å². The van der Waals surface area contributed by atoms with E-state index in [1.807, 2.05) is 62.4 Å². The van der Waals surface area contributed by atoms with Gasteiger partial charge in [0.25, 0.3) is 0 Å². The number of benzene rings is 2. The Hall–Kier alpha value is -3.86. The van der Waals surface area contributed by atoms with Crippen molar-refractivity contribution in [3.8, 4) is 0 Å². The van der Waals surface area contributed by atoms with E-state index in [2.05, 4.69) is 0 Å². The number of rotatable bonds is 13. The molecule has 0 saturated carbocycles. The van der Waals surface area contributed by atoms with E-state index in [9.17, 15) is 9.59 Å². The first-order chi connectivity index (χ1) is 18.8. The Labute approximate surface area is 231 Å². The lowest BCUT2D eigenvalue weighted by Gasteiger charge is -2.23. The van der Waals surface area contributed by atoms with Crippen LogP contribution < -0.4 is 0 Å². The standard InChI is InChI=1S/C34H38FNO3/c1-5-10-32(37)30-14-9-13-29(24(30)3)28-16-15-26(31(35)22-28)17-18-33(39-4)34(38)23(2)27(19-20-36)21-25-11-7-6-8-12-25/h6-9,11-12,14-16,18-20,22-23,29,36H,5,10,13,17,21H2,1-4H3/b27-19+,33-18+,36-20?. The first kappa shape index (κ1) is 29.7. The van der Waals surface area contributed by atoms with Gasteiger partial charge in [0.15, 0.2) is 11.5 Å². The predicted molar refractivity (Wildman–Crippen MR) is 155 cm³/mol. The summed E-state index contributed by atoms with van der Waals surface area (Å²) >= 11 is 0. The fourth-order valence-corrected chi connectivity index (χ4v) is 4.99. The molecule has 2 unspecified atom stereocenters. The molecule has 3 rings (SSSR count). The third kappa shape index (κ3) is 7.60. The van der Waals surface area contributed by atoms with Gasteiger partial charge in [-0.05, 0) is 67.5 Å². The molecule has 5 heteroatoms. The van der Waals surface area contributed by atoms with Crippen LogP contribution in [0, 0.1) is 17.1 Å². The number of hydrogen-bond acceptors (Lipinski definition) is 4. The number of carbonyl (C=O) groups excluding carboxylic acids is 2. The second kappa shape index (κ2) is 14.3. The quantitative estimate of drug-likeness (QED) is 0.165. The van der Waals surface area contributed by atoms with Crippen molar-refractivity contribution in [3.05, 3.63) is 118 Å². The molecule has 0 heterocycles. The molecule has 0 radical (unpaired) electrons. The fourth-order valence-electron chi connectivity index (χ4n) is 4.99. The molecule has 39 heavy (non-hydrogen) atoms. The largest absolute Gasteiger partial charge is 0.493 e. The summed E-state index contributed by atoms with van der Waals surface area (Å²) in [6.07, 6.45) is 11.1. The number of ether oxygens (including phenoxy) is 1. The van der Waals surface area contributed by atoms with Gasteiger partial charge < -0.3 is 10.1 Å². The lowest BCUT2D eigenvalue weighted by Crippen LogP contribution is -2.19. The Morgan fingerprint density at radius 2 is 1.92 bits per heavy atom. The van der Waals surface area contributed by atoms with E-state index in [-0.39, 0.29) is 35.5 Å². The summed E-state index contributed by atoms with van der Waals surface area (Å²) in [5.74, 6) is -0.791. The number of allylic oxidation sites excluding steroid dienone is 8. The highest BCUT2D eigenvalue weighted by molar-refractivity contribution is 5.99. The summed E-state index contributed by atoms with van der Waals surface area (Å²) in [4.78, 5) is 25.8. The first-order valence-electron chi connectivity index (χ1n) is 13.5. The number of ketones is 2. The van der Waals surface area contributed by atoms with Gasteiger partial charge in [0.05, 0.1) is 7.11 Å². The summed E-state index contributed by atoms with van der Waals surface area (Å²) < 4.78 is 20.6. The zero-order chi connectivity index (χ0) is 28.4. The van der Waals surface area contributed by atoms with Crippen LogP contribution in [0.15, 0.2) is 95.3 Å². The molecule has 0 aromatic heterocycles. The molecule has 0 amide bonds. The van der Waals surface area contributed by atoms with Crippen LogP contribution in [0.5, 0.6) is 0 Å². The van der Waals surface area contributed by atoms with Gasteiger partial charge in [-0.1, -0.05) is 79.6 Å². The second-order valence-corrected chi connectivity index (χ2v) is 9.94. The van der Waals surface area contributed by atoms with Crippen LogP contribution in [-0.4, -0.2) is 24.9 Å². The average molecular weight is 528 g/mol. The van der Waals surface area contributed by atoms with Crippen LogP contribution in [0.25, 0.3) is 0 Å². The minimum atomic E-state index is -0.496. The highest BCUT2D eigenvalue weighted by Gasteiger charge is 2.24. The topological polar surface area (TPSA) is 67.2 Å². The summed E-state index contributed by atoms with van der Waals surface area (Å²) in [6, 6.07) is 15.0. The summed E-state index contributed by atoms with van der Waals surface area (Å²) in [6.45, 7) is 5.75. The predicted octanol–water partition coefficient (Wildman–Crippen LogP) is 7.65. The van der Waals surface area contributed by atoms with Crippen LogP contribution in [-0.2, 0) is 27.2 Å². The maximum Gasteiger partial charge on any atom is 0.203 e. The molecule has 0 saturated heterocycles. The minimum Gasteiger partial charge on any atom is -0.493 e. The second-order valence-electron chi connectivity index (χ2n) is 9.94. The molecule has 2 atom stereocenters. The normalized spacial score (nSPS) is 16.7. The third-order valence-electron chi connectivity index (χ3n) is 7.33. The van der Waals surface area contributed by atoms with Crippen molar-refractivity contribution >= 4 is 17.8 Å². The van der Waals surface area contributed by atoms with Crippen molar-refractivity contribution in [1.29, 1.82) is 5.41 Å². The highest BCUT2D eigenvalue weighted by atomic mass is 19.1. The Kier molecular flexibility index (Phi) is 10.9. The van der Waals surface area contributed by atoms with Gasteiger partial charge in [-0.25, -0.2) is 4.39 Å². The van der Waals surface area contributed by atoms with E-state index >= 15 is 4.39 Å². The monoisotopic (exact) mass is 527 g/mol. The van der Waals surface area contributed by atoms with Gasteiger partial charge in [0, 0.05) is 30.0 Å². The SMILES string of the molecule is CCCC(=O)C1=C(C)C(c2ccc(C/C=C(/OC)C(=O)C(C)/C(=C/C=N)Cc3ccccc3)c(F)c2)CC=C1. The van der Waals surface area contributed by atoms with Crippen LogP contribution >= 0.6 is 0 Å². The maximum absolute atomic E-state index is 15.2. The lowest BCUT2D eigenvalue weighted by molar-refractivity contribution is -0.120. The molecule has 1 N–H and O–H groups in total. The van der Waals surface area contributed by atoms with Gasteiger partial charge in [0.1, 0.15) is 5.82 Å².